The Kier molecular flexibility index (Phi) is 6.39. The molecule has 5 nitrogen and oxygen atoms in total. The van der Waals surface area contributed by atoms with Gasteiger partial charge in [-0.15, -0.1) is 0 Å². The van der Waals surface area contributed by atoms with Gasteiger partial charge in [-0.1, -0.05) is 12.1 Å². The molecule has 6 heteroatoms. The molecule has 0 aliphatic rings. The highest BCUT2D eigenvalue weighted by Gasteiger charge is 2.12. The number of methoxy groups -OCH3 is 2. The van der Waals surface area contributed by atoms with Gasteiger partial charge in [0.2, 0.25) is 0 Å². The van der Waals surface area contributed by atoms with Gasteiger partial charge in [0, 0.05) is 11.6 Å². The van der Waals surface area contributed by atoms with E-state index >= 15 is 0 Å². The van der Waals surface area contributed by atoms with Crippen LogP contribution in [0.25, 0.3) is 12.2 Å². The maximum atomic E-state index is 12.1. The minimum atomic E-state index is -0.0581. The molecular formula is C17H21ClN2O3. The maximum absolute atomic E-state index is 12.1. The van der Waals surface area contributed by atoms with Crippen LogP contribution in [0.15, 0.2) is 29.1 Å². The van der Waals surface area contributed by atoms with Gasteiger partial charge in [0.1, 0.15) is 11.4 Å². The van der Waals surface area contributed by atoms with Crippen LogP contribution in [0.1, 0.15) is 17.0 Å². The number of para-hydroxylation sites is 1. The number of hydrogen-bond acceptors (Lipinski definition) is 3. The minimum absolute atomic E-state index is 0. The third-order valence-electron chi connectivity index (χ3n) is 3.71. The second kappa shape index (κ2) is 7.83. The van der Waals surface area contributed by atoms with Crippen molar-refractivity contribution >= 4 is 12.2 Å². The molecule has 2 rings (SSSR count). The first kappa shape index (κ1) is 18.8. The summed E-state index contributed by atoms with van der Waals surface area (Å²) in [7, 11) is 6.73. The van der Waals surface area contributed by atoms with E-state index in [1.807, 2.05) is 43.3 Å². The lowest BCUT2D eigenvalue weighted by molar-refractivity contribution is -0.692. The van der Waals surface area contributed by atoms with Gasteiger partial charge < -0.3 is 21.9 Å². The largest absolute Gasteiger partial charge is 1.00 e. The topological polar surface area (TPSA) is 44.3 Å². The molecule has 0 N–H and O–H groups in total. The first-order valence-corrected chi connectivity index (χ1v) is 6.95. The Labute approximate surface area is 142 Å². The molecule has 0 radical (unpaired) electrons. The first-order chi connectivity index (χ1) is 10.5. The Balaban J connectivity index is 0.00000264. The SMILES string of the molecule is COc1cccc(/C=C/c2cc(C)n(C)c(=O)[n+]2C)c1OC.[Cl-]. The van der Waals surface area contributed by atoms with Gasteiger partial charge in [-0.25, -0.2) is 0 Å². The molecule has 1 aromatic heterocycles. The van der Waals surface area contributed by atoms with E-state index in [1.54, 1.807) is 37.4 Å². The molecule has 0 fully saturated rings. The zero-order valence-corrected chi connectivity index (χ0v) is 14.7. The van der Waals surface area contributed by atoms with E-state index in [4.69, 9.17) is 9.47 Å². The van der Waals surface area contributed by atoms with Gasteiger partial charge in [0.05, 0.1) is 28.3 Å². The number of aryl methyl sites for hydroxylation is 1. The molecule has 0 atom stereocenters. The third kappa shape index (κ3) is 3.74. The highest BCUT2D eigenvalue weighted by Crippen LogP contribution is 2.31. The Morgan fingerprint density at radius 3 is 2.48 bits per heavy atom. The van der Waals surface area contributed by atoms with Gasteiger partial charge in [-0.05, 0) is 25.1 Å². The molecule has 2 aromatic rings. The standard InChI is InChI=1S/C17H21N2O3.ClH/c1-12-11-14(19(3)17(20)18(12)2)10-9-13-7-6-8-15(21-4)16(13)22-5;/h6-11H,1-5H3;1H/q+1;/p-1/b10-9+;. The van der Waals surface area contributed by atoms with Crippen molar-refractivity contribution in [2.24, 2.45) is 14.1 Å². The van der Waals surface area contributed by atoms with Crippen LogP contribution < -0.4 is 32.1 Å². The Morgan fingerprint density at radius 1 is 1.17 bits per heavy atom. The van der Waals surface area contributed by atoms with E-state index < -0.39 is 0 Å². The summed E-state index contributed by atoms with van der Waals surface area (Å²) in [6.07, 6.45) is 3.81. The molecule has 0 saturated heterocycles. The molecule has 0 saturated carbocycles. The Bertz CT molecular complexity index is 782. The van der Waals surface area contributed by atoms with Crippen molar-refractivity contribution in [1.82, 2.24) is 4.57 Å². The van der Waals surface area contributed by atoms with Gasteiger partial charge in [-0.2, -0.15) is 13.9 Å². The molecule has 0 bridgehead atoms. The molecule has 1 heterocycles. The average molecular weight is 337 g/mol. The normalized spacial score (nSPS) is 10.5. The number of aromatic nitrogens is 2. The van der Waals surface area contributed by atoms with Crippen LogP contribution in [0.4, 0.5) is 0 Å². The minimum Gasteiger partial charge on any atom is -1.00 e. The first-order valence-electron chi connectivity index (χ1n) is 6.95. The summed E-state index contributed by atoms with van der Waals surface area (Å²) in [4.78, 5) is 12.1. The molecule has 0 aliphatic carbocycles. The maximum Gasteiger partial charge on any atom is 0.498 e. The molecule has 124 valence electrons. The second-order valence-electron chi connectivity index (χ2n) is 5.03. The number of benzene rings is 1. The van der Waals surface area contributed by atoms with Crippen LogP contribution in [0, 0.1) is 6.92 Å². The molecule has 23 heavy (non-hydrogen) atoms. The van der Waals surface area contributed by atoms with Crippen molar-refractivity contribution in [3.63, 3.8) is 0 Å². The van der Waals surface area contributed by atoms with Gasteiger partial charge >= 0.3 is 5.69 Å². The van der Waals surface area contributed by atoms with E-state index in [0.717, 1.165) is 17.0 Å². The van der Waals surface area contributed by atoms with Crippen molar-refractivity contribution in [1.29, 1.82) is 0 Å². The van der Waals surface area contributed by atoms with E-state index in [-0.39, 0.29) is 18.1 Å². The fourth-order valence-corrected chi connectivity index (χ4v) is 2.27. The summed E-state index contributed by atoms with van der Waals surface area (Å²) < 4.78 is 13.9. The predicted molar refractivity (Wildman–Crippen MR) is 86.1 cm³/mol. The number of hydrogen-bond donors (Lipinski definition) is 0. The van der Waals surface area contributed by atoms with Crippen LogP contribution in [0.5, 0.6) is 11.5 Å². The third-order valence-corrected chi connectivity index (χ3v) is 3.71. The lowest BCUT2D eigenvalue weighted by atomic mass is 10.1. The van der Waals surface area contributed by atoms with E-state index in [9.17, 15) is 4.79 Å². The summed E-state index contributed by atoms with van der Waals surface area (Å²) >= 11 is 0. The Hall–Kier alpha value is -2.27. The monoisotopic (exact) mass is 336 g/mol. The summed E-state index contributed by atoms with van der Waals surface area (Å²) in [6, 6.07) is 7.64. The highest BCUT2D eigenvalue weighted by molar-refractivity contribution is 5.72. The predicted octanol–water partition coefficient (Wildman–Crippen LogP) is -1.29. The van der Waals surface area contributed by atoms with Crippen molar-refractivity contribution in [2.45, 2.75) is 6.92 Å². The van der Waals surface area contributed by atoms with Crippen molar-refractivity contribution < 1.29 is 26.4 Å². The molecule has 0 aliphatic heterocycles. The molecular weight excluding hydrogens is 316 g/mol. The quantitative estimate of drug-likeness (QED) is 0.653. The van der Waals surface area contributed by atoms with Crippen molar-refractivity contribution in [3.8, 4) is 11.5 Å². The summed E-state index contributed by atoms with van der Waals surface area (Å²) in [5, 5.41) is 0. The van der Waals surface area contributed by atoms with Crippen molar-refractivity contribution in [2.75, 3.05) is 14.2 Å². The van der Waals surface area contributed by atoms with Crippen molar-refractivity contribution in [3.05, 3.63) is 51.7 Å². The molecule has 0 unspecified atom stereocenters. The summed E-state index contributed by atoms with van der Waals surface area (Å²) in [5.41, 5.74) is 2.56. The van der Waals surface area contributed by atoms with Gasteiger partial charge in [-0.3, -0.25) is 0 Å². The van der Waals surface area contributed by atoms with Crippen LogP contribution in [-0.4, -0.2) is 18.8 Å². The zero-order chi connectivity index (χ0) is 16.3. The summed E-state index contributed by atoms with van der Waals surface area (Å²) in [5.74, 6) is 1.35. The van der Waals surface area contributed by atoms with Gasteiger partial charge in [0.15, 0.2) is 11.5 Å². The lowest BCUT2D eigenvalue weighted by Gasteiger charge is -2.09. The number of halogens is 1. The fraction of sp³-hybridized carbons (Fsp3) is 0.294. The highest BCUT2D eigenvalue weighted by atomic mass is 35.5. The average Bonchev–Trinajstić information content (AvgIpc) is 2.54. The zero-order valence-electron chi connectivity index (χ0n) is 14.0. The fourth-order valence-electron chi connectivity index (χ4n) is 2.27. The molecule has 0 spiro atoms. The van der Waals surface area contributed by atoms with Crippen LogP contribution in [-0.2, 0) is 14.1 Å². The van der Waals surface area contributed by atoms with Crippen LogP contribution in [0.2, 0.25) is 0 Å². The molecule has 1 aromatic carbocycles. The number of rotatable bonds is 4. The molecule has 0 amide bonds. The smallest absolute Gasteiger partial charge is 0.498 e. The number of ether oxygens (including phenoxy) is 2. The van der Waals surface area contributed by atoms with E-state index in [2.05, 4.69) is 0 Å². The lowest BCUT2D eigenvalue weighted by Crippen LogP contribution is -3.00. The summed E-state index contributed by atoms with van der Waals surface area (Å²) in [6.45, 7) is 1.91. The second-order valence-corrected chi connectivity index (χ2v) is 5.03. The van der Waals surface area contributed by atoms with Gasteiger partial charge in [0.25, 0.3) is 0 Å². The van der Waals surface area contributed by atoms with Crippen LogP contribution >= 0.6 is 0 Å². The van der Waals surface area contributed by atoms with E-state index in [0.29, 0.717) is 11.5 Å². The van der Waals surface area contributed by atoms with Crippen LogP contribution in [0.3, 0.4) is 0 Å². The Morgan fingerprint density at radius 2 is 1.87 bits per heavy atom. The number of nitrogens with zero attached hydrogens (tertiary/aromatic N) is 2. The van der Waals surface area contributed by atoms with E-state index in [1.165, 1.54) is 0 Å².